The lowest BCUT2D eigenvalue weighted by atomic mass is 10.2. The Hall–Kier alpha value is -2.52. The number of carbonyl (C=O) groups is 2. The van der Waals surface area contributed by atoms with E-state index in [2.05, 4.69) is 16.0 Å². The van der Waals surface area contributed by atoms with E-state index >= 15 is 0 Å². The fourth-order valence-electron chi connectivity index (χ4n) is 1.51. The summed E-state index contributed by atoms with van der Waals surface area (Å²) in [5, 5.41) is 17.6. The molecule has 7 heteroatoms. The van der Waals surface area contributed by atoms with Crippen LogP contribution >= 0.6 is 11.6 Å². The van der Waals surface area contributed by atoms with Gasteiger partial charge >= 0.3 is 0 Å². The zero-order valence-electron chi connectivity index (χ0n) is 12.1. The molecule has 2 amide bonds. The summed E-state index contributed by atoms with van der Waals surface area (Å²) in [6.07, 6.45) is 1.33. The predicted molar refractivity (Wildman–Crippen MR) is 83.7 cm³/mol. The lowest BCUT2D eigenvalue weighted by molar-refractivity contribution is -0.119. The fraction of sp³-hybridized carbons (Fsp3) is 0.267. The molecule has 116 valence electrons. The second-order valence-corrected chi connectivity index (χ2v) is 4.85. The summed E-state index contributed by atoms with van der Waals surface area (Å²) in [4.78, 5) is 22.5. The van der Waals surface area contributed by atoms with Gasteiger partial charge in [0.2, 0.25) is 5.91 Å². The van der Waals surface area contributed by atoms with E-state index in [-0.39, 0.29) is 11.5 Å². The molecule has 0 fully saturated rings. The maximum Gasteiger partial charge on any atom is 0.263 e. The van der Waals surface area contributed by atoms with Gasteiger partial charge in [0.05, 0.1) is 0 Å². The minimum atomic E-state index is -0.468. The number of halogens is 1. The maximum atomic E-state index is 11.8. The number of carbonyl (C=O) groups excluding carboxylic acids is 2. The smallest absolute Gasteiger partial charge is 0.263 e. The molecule has 0 heterocycles. The summed E-state index contributed by atoms with van der Waals surface area (Å²) >= 11 is 5.78. The quantitative estimate of drug-likeness (QED) is 0.398. The molecule has 0 aliphatic rings. The molecule has 0 bridgehead atoms. The van der Waals surface area contributed by atoms with E-state index in [0.29, 0.717) is 24.7 Å². The van der Waals surface area contributed by atoms with Gasteiger partial charge in [0.25, 0.3) is 5.91 Å². The van der Waals surface area contributed by atoms with Crippen LogP contribution in [0, 0.1) is 11.3 Å². The second kappa shape index (κ2) is 9.42. The van der Waals surface area contributed by atoms with Crippen LogP contribution in [0.4, 0.5) is 0 Å². The SMILES string of the molecule is CC(=O)NCCN/C=C(/C#N)C(=O)NCc1ccc(Cl)cc1. The zero-order valence-corrected chi connectivity index (χ0v) is 12.9. The van der Waals surface area contributed by atoms with Gasteiger partial charge in [-0.15, -0.1) is 0 Å². The van der Waals surface area contributed by atoms with Gasteiger partial charge in [-0.2, -0.15) is 5.26 Å². The summed E-state index contributed by atoms with van der Waals surface area (Å²) < 4.78 is 0. The van der Waals surface area contributed by atoms with E-state index in [0.717, 1.165) is 5.56 Å². The van der Waals surface area contributed by atoms with E-state index in [1.165, 1.54) is 13.1 Å². The van der Waals surface area contributed by atoms with Gasteiger partial charge < -0.3 is 16.0 Å². The molecule has 0 unspecified atom stereocenters. The van der Waals surface area contributed by atoms with Crippen LogP contribution < -0.4 is 16.0 Å². The van der Waals surface area contributed by atoms with Gasteiger partial charge in [-0.25, -0.2) is 0 Å². The first kappa shape index (κ1) is 17.5. The minimum Gasteiger partial charge on any atom is -0.388 e. The molecule has 0 aliphatic carbocycles. The van der Waals surface area contributed by atoms with Gasteiger partial charge in [-0.05, 0) is 17.7 Å². The molecule has 0 spiro atoms. The molecule has 1 rings (SSSR count). The first-order chi connectivity index (χ1) is 10.5. The van der Waals surface area contributed by atoms with Gasteiger partial charge in [-0.1, -0.05) is 23.7 Å². The van der Waals surface area contributed by atoms with E-state index in [4.69, 9.17) is 16.9 Å². The molecule has 1 aromatic rings. The minimum absolute atomic E-state index is 0.0308. The average molecular weight is 321 g/mol. The summed E-state index contributed by atoms with van der Waals surface area (Å²) in [7, 11) is 0. The van der Waals surface area contributed by atoms with Crippen LogP contribution in [0.25, 0.3) is 0 Å². The van der Waals surface area contributed by atoms with Crippen molar-refractivity contribution in [1.29, 1.82) is 5.26 Å². The molecule has 0 aliphatic heterocycles. The molecule has 0 atom stereocenters. The summed E-state index contributed by atoms with van der Waals surface area (Å²) in [5.74, 6) is -0.600. The molecule has 0 saturated heterocycles. The van der Waals surface area contributed by atoms with Crippen molar-refractivity contribution in [3.63, 3.8) is 0 Å². The first-order valence-electron chi connectivity index (χ1n) is 6.63. The Kier molecular flexibility index (Phi) is 7.51. The van der Waals surface area contributed by atoms with Crippen molar-refractivity contribution in [2.24, 2.45) is 0 Å². The van der Waals surface area contributed by atoms with Gasteiger partial charge in [0.15, 0.2) is 0 Å². The fourth-order valence-corrected chi connectivity index (χ4v) is 1.64. The van der Waals surface area contributed by atoms with Crippen LogP contribution in [0.1, 0.15) is 12.5 Å². The van der Waals surface area contributed by atoms with Crippen molar-refractivity contribution in [3.05, 3.63) is 46.6 Å². The number of benzene rings is 1. The first-order valence-corrected chi connectivity index (χ1v) is 7.01. The third-order valence-electron chi connectivity index (χ3n) is 2.62. The Labute approximate surface area is 134 Å². The number of hydrogen-bond donors (Lipinski definition) is 3. The normalized spacial score (nSPS) is 10.5. The summed E-state index contributed by atoms with van der Waals surface area (Å²) in [6, 6.07) is 8.88. The Morgan fingerprint density at radius 2 is 1.91 bits per heavy atom. The van der Waals surface area contributed by atoms with Crippen LogP contribution in [0.15, 0.2) is 36.0 Å². The Morgan fingerprint density at radius 1 is 1.23 bits per heavy atom. The van der Waals surface area contributed by atoms with Gasteiger partial charge in [0, 0.05) is 37.8 Å². The van der Waals surface area contributed by atoms with Crippen LogP contribution in [-0.2, 0) is 16.1 Å². The number of rotatable bonds is 7. The van der Waals surface area contributed by atoms with Crippen LogP contribution in [0.3, 0.4) is 0 Å². The third kappa shape index (κ3) is 6.77. The molecular formula is C15H17ClN4O2. The highest BCUT2D eigenvalue weighted by Gasteiger charge is 2.08. The van der Waals surface area contributed by atoms with E-state index in [1.807, 2.05) is 6.07 Å². The number of nitrogens with zero attached hydrogens (tertiary/aromatic N) is 1. The lowest BCUT2D eigenvalue weighted by Gasteiger charge is -2.06. The van der Waals surface area contributed by atoms with E-state index in [9.17, 15) is 9.59 Å². The summed E-state index contributed by atoms with van der Waals surface area (Å²) in [6.45, 7) is 2.56. The molecule has 0 aromatic heterocycles. The lowest BCUT2D eigenvalue weighted by Crippen LogP contribution is -2.29. The van der Waals surface area contributed by atoms with E-state index in [1.54, 1.807) is 24.3 Å². The van der Waals surface area contributed by atoms with Gasteiger partial charge in [-0.3, -0.25) is 9.59 Å². The Bertz CT molecular complexity index is 591. The highest BCUT2D eigenvalue weighted by atomic mass is 35.5. The maximum absolute atomic E-state index is 11.8. The average Bonchev–Trinajstić information content (AvgIpc) is 2.49. The third-order valence-corrected chi connectivity index (χ3v) is 2.87. The standard InChI is InChI=1S/C15H17ClN4O2/c1-11(21)19-7-6-18-10-13(8-17)15(22)20-9-12-2-4-14(16)5-3-12/h2-5,10,18H,6-7,9H2,1H3,(H,19,21)(H,20,22)/b13-10-. The number of amides is 2. The van der Waals surface area contributed by atoms with Crippen LogP contribution in [0.5, 0.6) is 0 Å². The van der Waals surface area contributed by atoms with Crippen molar-refractivity contribution < 1.29 is 9.59 Å². The molecule has 6 nitrogen and oxygen atoms in total. The van der Waals surface area contributed by atoms with Crippen molar-refractivity contribution in [1.82, 2.24) is 16.0 Å². The Morgan fingerprint density at radius 3 is 2.50 bits per heavy atom. The summed E-state index contributed by atoms with van der Waals surface area (Å²) in [5.41, 5.74) is 0.852. The predicted octanol–water partition coefficient (Wildman–Crippen LogP) is 1.09. The number of nitriles is 1. The largest absolute Gasteiger partial charge is 0.388 e. The number of hydrogen-bond acceptors (Lipinski definition) is 4. The molecule has 3 N–H and O–H groups in total. The highest BCUT2D eigenvalue weighted by Crippen LogP contribution is 2.09. The zero-order chi connectivity index (χ0) is 16.4. The molecular weight excluding hydrogens is 304 g/mol. The second-order valence-electron chi connectivity index (χ2n) is 4.42. The van der Waals surface area contributed by atoms with Crippen LogP contribution in [0.2, 0.25) is 5.02 Å². The molecule has 22 heavy (non-hydrogen) atoms. The van der Waals surface area contributed by atoms with Crippen molar-refractivity contribution in [3.8, 4) is 6.07 Å². The topological polar surface area (TPSA) is 94.0 Å². The monoisotopic (exact) mass is 320 g/mol. The van der Waals surface area contributed by atoms with Gasteiger partial charge in [0.1, 0.15) is 11.6 Å². The van der Waals surface area contributed by atoms with E-state index < -0.39 is 5.91 Å². The number of nitrogens with one attached hydrogen (secondary N) is 3. The van der Waals surface area contributed by atoms with Crippen molar-refractivity contribution in [2.45, 2.75) is 13.5 Å². The molecule has 0 saturated carbocycles. The van der Waals surface area contributed by atoms with Crippen LogP contribution in [-0.4, -0.2) is 24.9 Å². The van der Waals surface area contributed by atoms with Crippen molar-refractivity contribution >= 4 is 23.4 Å². The highest BCUT2D eigenvalue weighted by molar-refractivity contribution is 6.30. The van der Waals surface area contributed by atoms with Crippen molar-refractivity contribution in [2.75, 3.05) is 13.1 Å². The molecule has 1 aromatic carbocycles. The Balaban J connectivity index is 2.42. The molecule has 0 radical (unpaired) electrons.